The normalized spacial score (nSPS) is 12.0. The minimum Gasteiger partial charge on any atom is -0.419 e. The zero-order chi connectivity index (χ0) is 18.5. The summed E-state index contributed by atoms with van der Waals surface area (Å²) in [6, 6.07) is 14.3. The minimum atomic E-state index is 0.133. The summed E-state index contributed by atoms with van der Waals surface area (Å²) in [5.41, 5.74) is 3.39. The average Bonchev–Trinajstić information content (AvgIpc) is 3.07. The van der Waals surface area contributed by atoms with E-state index in [1.165, 1.54) is 11.1 Å². The van der Waals surface area contributed by atoms with Crippen LogP contribution < -0.4 is 5.32 Å². The number of rotatable bonds is 6. The second kappa shape index (κ2) is 7.81. The number of hydrogen-bond donors (Lipinski definition) is 1. The fourth-order valence-electron chi connectivity index (χ4n) is 2.71. The van der Waals surface area contributed by atoms with Gasteiger partial charge in [-0.05, 0) is 38.7 Å². The molecule has 0 aliphatic carbocycles. The maximum absolute atomic E-state index is 9.36. The van der Waals surface area contributed by atoms with Crippen LogP contribution in [0.3, 0.4) is 0 Å². The van der Waals surface area contributed by atoms with E-state index in [4.69, 9.17) is 4.42 Å². The number of nitrogens with one attached hydrogen (secondary N) is 1. The Morgan fingerprint density at radius 2 is 2.00 bits per heavy atom. The van der Waals surface area contributed by atoms with Gasteiger partial charge < -0.3 is 14.6 Å². The lowest BCUT2D eigenvalue weighted by molar-refractivity contribution is 0.310. The van der Waals surface area contributed by atoms with Crippen LogP contribution in [0.5, 0.6) is 0 Å². The zero-order valence-electron chi connectivity index (χ0n) is 15.1. The lowest BCUT2D eigenvalue weighted by Gasteiger charge is -2.25. The Hall–Kier alpha value is -3.17. The average molecular weight is 347 g/mol. The fraction of sp³-hybridized carbons (Fsp3) is 0.250. The molecule has 0 saturated heterocycles. The molecule has 0 radical (unpaired) electrons. The van der Waals surface area contributed by atoms with Gasteiger partial charge in [0, 0.05) is 18.9 Å². The van der Waals surface area contributed by atoms with Crippen LogP contribution in [-0.2, 0) is 0 Å². The number of aryl methyl sites for hydroxylation is 1. The van der Waals surface area contributed by atoms with Gasteiger partial charge in [0.25, 0.3) is 0 Å². The van der Waals surface area contributed by atoms with E-state index in [9.17, 15) is 5.26 Å². The Morgan fingerprint density at radius 3 is 2.62 bits per heavy atom. The highest BCUT2D eigenvalue weighted by Gasteiger charge is 2.18. The number of nitrogens with zero attached hydrogens (tertiary/aromatic N) is 4. The molecule has 0 amide bonds. The lowest BCUT2D eigenvalue weighted by Crippen LogP contribution is -2.26. The van der Waals surface area contributed by atoms with E-state index in [0.29, 0.717) is 18.3 Å². The molecular formula is C20H21N5O. The van der Waals surface area contributed by atoms with Gasteiger partial charge in [0.2, 0.25) is 17.5 Å². The van der Waals surface area contributed by atoms with Crippen LogP contribution in [0.15, 0.2) is 53.2 Å². The van der Waals surface area contributed by atoms with E-state index in [1.807, 2.05) is 20.2 Å². The number of nitriles is 1. The van der Waals surface area contributed by atoms with Gasteiger partial charge in [-0.15, -0.1) is 0 Å². The second-order valence-corrected chi connectivity index (χ2v) is 6.32. The molecule has 26 heavy (non-hydrogen) atoms. The van der Waals surface area contributed by atoms with E-state index in [1.54, 1.807) is 18.5 Å². The van der Waals surface area contributed by atoms with Crippen molar-refractivity contribution in [3.8, 4) is 17.5 Å². The number of aromatic nitrogens is 2. The molecule has 0 bridgehead atoms. The Kier molecular flexibility index (Phi) is 5.30. The summed E-state index contributed by atoms with van der Waals surface area (Å²) < 4.78 is 5.77. The number of anilines is 1. The third kappa shape index (κ3) is 3.90. The molecule has 0 aliphatic heterocycles. The molecule has 0 spiro atoms. The van der Waals surface area contributed by atoms with E-state index < -0.39 is 0 Å². The summed E-state index contributed by atoms with van der Waals surface area (Å²) in [6.45, 7) is 2.66. The molecule has 3 aromatic rings. The van der Waals surface area contributed by atoms with Crippen LogP contribution in [-0.4, -0.2) is 35.5 Å². The predicted octanol–water partition coefficient (Wildman–Crippen LogP) is 3.63. The summed E-state index contributed by atoms with van der Waals surface area (Å²) >= 11 is 0. The topological polar surface area (TPSA) is 78.0 Å². The quantitative estimate of drug-likeness (QED) is 0.733. The molecule has 0 fully saturated rings. The van der Waals surface area contributed by atoms with Gasteiger partial charge in [-0.3, -0.25) is 4.98 Å². The number of hydrogen-bond acceptors (Lipinski definition) is 6. The summed E-state index contributed by atoms with van der Waals surface area (Å²) in [6.07, 6.45) is 3.34. The molecule has 0 aliphatic rings. The smallest absolute Gasteiger partial charge is 0.232 e. The van der Waals surface area contributed by atoms with Crippen molar-refractivity contribution in [2.75, 3.05) is 26.0 Å². The molecule has 132 valence electrons. The number of likely N-dealkylation sites (N-methyl/N-ethyl adjacent to an activating group) is 1. The van der Waals surface area contributed by atoms with Crippen LogP contribution in [0, 0.1) is 18.3 Å². The highest BCUT2D eigenvalue weighted by molar-refractivity contribution is 5.57. The summed E-state index contributed by atoms with van der Waals surface area (Å²) in [5.74, 6) is 0.763. The van der Waals surface area contributed by atoms with Crippen molar-refractivity contribution in [2.24, 2.45) is 0 Å². The molecular weight excluding hydrogens is 326 g/mol. The van der Waals surface area contributed by atoms with Crippen molar-refractivity contribution < 1.29 is 4.42 Å². The van der Waals surface area contributed by atoms with Gasteiger partial charge in [0.15, 0.2) is 0 Å². The van der Waals surface area contributed by atoms with Crippen molar-refractivity contribution in [3.05, 3.63) is 65.6 Å². The largest absolute Gasteiger partial charge is 0.419 e. The summed E-state index contributed by atoms with van der Waals surface area (Å²) in [5, 5.41) is 12.6. The van der Waals surface area contributed by atoms with Gasteiger partial charge >= 0.3 is 0 Å². The van der Waals surface area contributed by atoms with Crippen LogP contribution in [0.2, 0.25) is 0 Å². The Bertz CT molecular complexity index is 894. The maximum Gasteiger partial charge on any atom is 0.232 e. The predicted molar refractivity (Wildman–Crippen MR) is 101 cm³/mol. The van der Waals surface area contributed by atoms with Crippen LogP contribution in [0.4, 0.5) is 5.88 Å². The molecule has 6 nitrogen and oxygen atoms in total. The molecule has 1 atom stereocenters. The fourth-order valence-corrected chi connectivity index (χ4v) is 2.71. The molecule has 6 heteroatoms. The van der Waals surface area contributed by atoms with Gasteiger partial charge in [0.05, 0.1) is 11.6 Å². The lowest BCUT2D eigenvalue weighted by atomic mass is 10.0. The Balaban J connectivity index is 1.80. The van der Waals surface area contributed by atoms with E-state index >= 15 is 0 Å². The molecule has 1 unspecified atom stereocenters. The summed E-state index contributed by atoms with van der Waals surface area (Å²) in [7, 11) is 4.05. The van der Waals surface area contributed by atoms with Gasteiger partial charge in [-0.1, -0.05) is 29.8 Å². The van der Waals surface area contributed by atoms with Crippen LogP contribution >= 0.6 is 0 Å². The zero-order valence-corrected chi connectivity index (χ0v) is 15.1. The third-order valence-corrected chi connectivity index (χ3v) is 4.18. The number of pyridine rings is 1. The summed E-state index contributed by atoms with van der Waals surface area (Å²) in [4.78, 5) is 10.4. The number of benzene rings is 1. The molecule has 3 rings (SSSR count). The van der Waals surface area contributed by atoms with Gasteiger partial charge in [-0.2, -0.15) is 10.2 Å². The van der Waals surface area contributed by atoms with Crippen molar-refractivity contribution in [1.29, 1.82) is 5.26 Å². The molecule has 2 heterocycles. The van der Waals surface area contributed by atoms with Crippen molar-refractivity contribution >= 4 is 5.88 Å². The minimum absolute atomic E-state index is 0.133. The molecule has 0 saturated carbocycles. The standard InChI is InChI=1S/C20H21N5O/c1-14-6-8-15(9-7-14)18(25(2)3)13-23-20-17(11-21)24-19(26-20)16-5-4-10-22-12-16/h4-10,12,18,23H,13H2,1-3H3. The Labute approximate surface area is 153 Å². The van der Waals surface area contributed by atoms with Gasteiger partial charge in [0.1, 0.15) is 6.07 Å². The first kappa shape index (κ1) is 17.6. The van der Waals surface area contributed by atoms with E-state index in [2.05, 4.69) is 57.4 Å². The SMILES string of the molecule is Cc1ccc(C(CNc2oc(-c3cccnc3)nc2C#N)N(C)C)cc1. The van der Waals surface area contributed by atoms with Crippen LogP contribution in [0.25, 0.3) is 11.5 Å². The second-order valence-electron chi connectivity index (χ2n) is 6.32. The van der Waals surface area contributed by atoms with E-state index in [-0.39, 0.29) is 11.7 Å². The van der Waals surface area contributed by atoms with Gasteiger partial charge in [-0.25, -0.2) is 0 Å². The monoisotopic (exact) mass is 347 g/mol. The molecule has 1 N–H and O–H groups in total. The first-order valence-corrected chi connectivity index (χ1v) is 8.36. The highest BCUT2D eigenvalue weighted by Crippen LogP contribution is 2.26. The molecule has 1 aromatic carbocycles. The van der Waals surface area contributed by atoms with Crippen molar-refractivity contribution in [1.82, 2.24) is 14.9 Å². The Morgan fingerprint density at radius 1 is 1.23 bits per heavy atom. The van der Waals surface area contributed by atoms with Crippen molar-refractivity contribution in [3.63, 3.8) is 0 Å². The van der Waals surface area contributed by atoms with Crippen LogP contribution in [0.1, 0.15) is 22.9 Å². The first-order chi connectivity index (χ1) is 12.6. The first-order valence-electron chi connectivity index (χ1n) is 8.36. The van der Waals surface area contributed by atoms with E-state index in [0.717, 1.165) is 5.56 Å². The molecule has 2 aromatic heterocycles. The van der Waals surface area contributed by atoms with Crippen molar-refractivity contribution in [2.45, 2.75) is 13.0 Å². The highest BCUT2D eigenvalue weighted by atomic mass is 16.4. The number of oxazole rings is 1. The third-order valence-electron chi connectivity index (χ3n) is 4.18. The maximum atomic E-state index is 9.36.